The van der Waals surface area contributed by atoms with Gasteiger partial charge in [-0.2, -0.15) is 0 Å². The Morgan fingerprint density at radius 3 is 2.35 bits per heavy atom. The minimum absolute atomic E-state index is 0.298. The SMILES string of the molecule is CCCCOC(Cc1ccc(OCc2ccccc2)cc1)C(=O)OCC. The van der Waals surface area contributed by atoms with Gasteiger partial charge in [-0.15, -0.1) is 0 Å². The molecule has 0 aromatic heterocycles. The first-order chi connectivity index (χ1) is 12.7. The number of esters is 1. The molecule has 4 nitrogen and oxygen atoms in total. The van der Waals surface area contributed by atoms with Gasteiger partial charge in [0.15, 0.2) is 6.10 Å². The van der Waals surface area contributed by atoms with E-state index >= 15 is 0 Å². The molecule has 0 spiro atoms. The van der Waals surface area contributed by atoms with Gasteiger partial charge in [0.05, 0.1) is 6.61 Å². The number of hydrogen-bond acceptors (Lipinski definition) is 4. The van der Waals surface area contributed by atoms with Crippen LogP contribution in [0.5, 0.6) is 5.75 Å². The summed E-state index contributed by atoms with van der Waals surface area (Å²) in [7, 11) is 0. The van der Waals surface area contributed by atoms with Crippen molar-refractivity contribution < 1.29 is 19.0 Å². The zero-order valence-corrected chi connectivity index (χ0v) is 15.6. The zero-order valence-electron chi connectivity index (χ0n) is 15.6. The highest BCUT2D eigenvalue weighted by Crippen LogP contribution is 2.16. The van der Waals surface area contributed by atoms with Gasteiger partial charge in [-0.05, 0) is 36.6 Å². The van der Waals surface area contributed by atoms with Gasteiger partial charge in [-0.3, -0.25) is 0 Å². The highest BCUT2D eigenvalue weighted by molar-refractivity contribution is 5.75. The molecular weight excluding hydrogens is 328 g/mol. The molecular formula is C22H28O4. The molecule has 0 aliphatic heterocycles. The molecule has 0 aliphatic rings. The van der Waals surface area contributed by atoms with Crippen LogP contribution in [0.15, 0.2) is 54.6 Å². The number of hydrogen-bond donors (Lipinski definition) is 0. The molecule has 0 N–H and O–H groups in total. The van der Waals surface area contributed by atoms with Gasteiger partial charge in [0.1, 0.15) is 12.4 Å². The Hall–Kier alpha value is -2.33. The van der Waals surface area contributed by atoms with Crippen molar-refractivity contribution in [2.75, 3.05) is 13.2 Å². The molecule has 4 heteroatoms. The average molecular weight is 356 g/mol. The Morgan fingerprint density at radius 1 is 0.962 bits per heavy atom. The lowest BCUT2D eigenvalue weighted by Gasteiger charge is -2.16. The van der Waals surface area contributed by atoms with Crippen LogP contribution in [-0.4, -0.2) is 25.3 Å². The molecule has 26 heavy (non-hydrogen) atoms. The van der Waals surface area contributed by atoms with E-state index in [4.69, 9.17) is 14.2 Å². The van der Waals surface area contributed by atoms with E-state index in [2.05, 4.69) is 6.92 Å². The number of carbonyl (C=O) groups excluding carboxylic acids is 1. The van der Waals surface area contributed by atoms with Gasteiger partial charge in [-0.25, -0.2) is 4.79 Å². The Labute approximate surface area is 156 Å². The van der Waals surface area contributed by atoms with Gasteiger partial charge in [0.2, 0.25) is 0 Å². The van der Waals surface area contributed by atoms with Crippen LogP contribution >= 0.6 is 0 Å². The van der Waals surface area contributed by atoms with Gasteiger partial charge in [0.25, 0.3) is 0 Å². The van der Waals surface area contributed by atoms with Crippen LogP contribution in [-0.2, 0) is 27.3 Å². The van der Waals surface area contributed by atoms with Crippen molar-refractivity contribution in [3.05, 3.63) is 65.7 Å². The van der Waals surface area contributed by atoms with Crippen molar-refractivity contribution in [1.82, 2.24) is 0 Å². The van der Waals surface area contributed by atoms with Gasteiger partial charge >= 0.3 is 5.97 Å². The molecule has 0 amide bonds. The molecule has 2 aromatic rings. The summed E-state index contributed by atoms with van der Waals surface area (Å²) in [6, 6.07) is 17.8. The minimum atomic E-state index is -0.558. The molecule has 0 saturated carbocycles. The number of rotatable bonds is 11. The van der Waals surface area contributed by atoms with Crippen molar-refractivity contribution in [1.29, 1.82) is 0 Å². The zero-order chi connectivity index (χ0) is 18.6. The number of ether oxygens (including phenoxy) is 3. The van der Waals surface area contributed by atoms with E-state index in [1.54, 1.807) is 6.92 Å². The second kappa shape index (κ2) is 11.3. The van der Waals surface area contributed by atoms with Crippen molar-refractivity contribution >= 4 is 5.97 Å². The summed E-state index contributed by atoms with van der Waals surface area (Å²) in [5.41, 5.74) is 2.15. The molecule has 1 atom stereocenters. The van der Waals surface area contributed by atoms with E-state index < -0.39 is 6.10 Å². The predicted molar refractivity (Wildman–Crippen MR) is 102 cm³/mol. The summed E-state index contributed by atoms with van der Waals surface area (Å²) in [5.74, 6) is 0.505. The monoisotopic (exact) mass is 356 g/mol. The first-order valence-corrected chi connectivity index (χ1v) is 9.26. The first-order valence-electron chi connectivity index (χ1n) is 9.26. The van der Waals surface area contributed by atoms with Crippen molar-refractivity contribution in [2.45, 2.75) is 45.8 Å². The topological polar surface area (TPSA) is 44.8 Å². The normalized spacial score (nSPS) is 11.8. The summed E-state index contributed by atoms with van der Waals surface area (Å²) < 4.78 is 16.7. The quantitative estimate of drug-likeness (QED) is 0.437. The van der Waals surface area contributed by atoms with Gasteiger partial charge in [-0.1, -0.05) is 55.8 Å². The lowest BCUT2D eigenvalue weighted by Crippen LogP contribution is -2.29. The van der Waals surface area contributed by atoms with E-state index in [1.807, 2.05) is 54.6 Å². The smallest absolute Gasteiger partial charge is 0.335 e. The molecule has 2 aromatic carbocycles. The van der Waals surface area contributed by atoms with E-state index in [0.717, 1.165) is 29.7 Å². The number of carbonyl (C=O) groups is 1. The van der Waals surface area contributed by atoms with E-state index in [-0.39, 0.29) is 5.97 Å². The van der Waals surface area contributed by atoms with Crippen molar-refractivity contribution in [2.24, 2.45) is 0 Å². The minimum Gasteiger partial charge on any atom is -0.489 e. The second-order valence-electron chi connectivity index (χ2n) is 6.09. The van der Waals surface area contributed by atoms with Crippen molar-refractivity contribution in [3.63, 3.8) is 0 Å². The maximum Gasteiger partial charge on any atom is 0.335 e. The highest BCUT2D eigenvalue weighted by Gasteiger charge is 2.20. The molecule has 2 rings (SSSR count). The molecule has 0 bridgehead atoms. The molecule has 1 unspecified atom stereocenters. The summed E-state index contributed by atoms with van der Waals surface area (Å²) in [6.07, 6.45) is 1.91. The largest absolute Gasteiger partial charge is 0.489 e. The van der Waals surface area contributed by atoms with Crippen LogP contribution in [0.1, 0.15) is 37.8 Å². The third-order valence-electron chi connectivity index (χ3n) is 3.96. The van der Waals surface area contributed by atoms with Crippen LogP contribution in [0, 0.1) is 0 Å². The lowest BCUT2D eigenvalue weighted by molar-refractivity contribution is -0.156. The Bertz CT molecular complexity index is 637. The van der Waals surface area contributed by atoms with Crippen LogP contribution in [0.3, 0.4) is 0 Å². The lowest BCUT2D eigenvalue weighted by atomic mass is 10.1. The third kappa shape index (κ3) is 6.89. The Morgan fingerprint density at radius 2 is 1.69 bits per heavy atom. The maximum absolute atomic E-state index is 12.1. The van der Waals surface area contributed by atoms with Crippen LogP contribution in [0.2, 0.25) is 0 Å². The predicted octanol–water partition coefficient (Wildman–Crippen LogP) is 4.56. The molecule has 0 radical (unpaired) electrons. The van der Waals surface area contributed by atoms with E-state index in [0.29, 0.717) is 26.2 Å². The van der Waals surface area contributed by atoms with Crippen LogP contribution in [0.25, 0.3) is 0 Å². The highest BCUT2D eigenvalue weighted by atomic mass is 16.6. The molecule has 0 saturated heterocycles. The molecule has 140 valence electrons. The fraction of sp³-hybridized carbons (Fsp3) is 0.409. The number of unbranched alkanes of at least 4 members (excludes halogenated alkanes) is 1. The second-order valence-corrected chi connectivity index (χ2v) is 6.09. The Balaban J connectivity index is 1.90. The molecule has 0 aliphatic carbocycles. The fourth-order valence-corrected chi connectivity index (χ4v) is 2.49. The van der Waals surface area contributed by atoms with Crippen LogP contribution in [0.4, 0.5) is 0 Å². The summed E-state index contributed by atoms with van der Waals surface area (Å²) in [6.45, 7) is 5.36. The average Bonchev–Trinajstić information content (AvgIpc) is 2.68. The molecule has 0 heterocycles. The van der Waals surface area contributed by atoms with Gasteiger partial charge < -0.3 is 14.2 Å². The fourth-order valence-electron chi connectivity index (χ4n) is 2.49. The third-order valence-corrected chi connectivity index (χ3v) is 3.96. The summed E-state index contributed by atoms with van der Waals surface area (Å²) in [5, 5.41) is 0. The molecule has 0 fully saturated rings. The van der Waals surface area contributed by atoms with Crippen molar-refractivity contribution in [3.8, 4) is 5.75 Å². The Kier molecular flexibility index (Phi) is 8.70. The maximum atomic E-state index is 12.1. The summed E-state index contributed by atoms with van der Waals surface area (Å²) in [4.78, 5) is 12.1. The van der Waals surface area contributed by atoms with E-state index in [1.165, 1.54) is 0 Å². The summed E-state index contributed by atoms with van der Waals surface area (Å²) >= 11 is 0. The number of benzene rings is 2. The van der Waals surface area contributed by atoms with Crippen LogP contribution < -0.4 is 4.74 Å². The van der Waals surface area contributed by atoms with E-state index in [9.17, 15) is 4.79 Å². The van der Waals surface area contributed by atoms with Gasteiger partial charge in [0, 0.05) is 13.0 Å². The first kappa shape index (κ1) is 20.0. The standard InChI is InChI=1S/C22H28O4/c1-3-5-15-25-21(22(23)24-4-2)16-18-11-13-20(14-12-18)26-17-19-9-7-6-8-10-19/h6-14,21H,3-5,15-17H2,1-2H3.